The number of benzene rings is 4. The van der Waals surface area contributed by atoms with Gasteiger partial charge in [-0.25, -0.2) is 10.2 Å². The number of carbonyl (C=O) groups excluding carboxylic acids is 2. The fourth-order valence-corrected chi connectivity index (χ4v) is 4.99. The first-order valence-electron chi connectivity index (χ1n) is 12.9. The smallest absolute Gasteiger partial charge is 0.343 e. The molecule has 5 rings (SSSR count). The molecule has 8 nitrogen and oxygen atoms in total. The third-order valence-corrected chi connectivity index (χ3v) is 7.12. The maximum atomic E-state index is 13.5. The third-order valence-electron chi connectivity index (χ3n) is 6.30. The van der Waals surface area contributed by atoms with Gasteiger partial charge >= 0.3 is 5.97 Å². The number of esters is 1. The van der Waals surface area contributed by atoms with Crippen LogP contribution in [0.25, 0.3) is 22.0 Å². The fraction of sp³-hybridized carbons (Fsp3) is 0.0938. The van der Waals surface area contributed by atoms with Crippen molar-refractivity contribution in [1.29, 1.82) is 0 Å². The number of amides is 1. The van der Waals surface area contributed by atoms with Crippen LogP contribution in [-0.2, 0) is 0 Å². The van der Waals surface area contributed by atoms with Crippen molar-refractivity contribution in [1.82, 2.24) is 10.4 Å². The molecule has 0 atom stereocenters. The molecule has 0 aliphatic rings. The summed E-state index contributed by atoms with van der Waals surface area (Å²) >= 11 is 9.98. The quantitative estimate of drug-likeness (QED) is 0.0742. The average Bonchev–Trinajstić information content (AvgIpc) is 3.37. The number of hydrogen-bond donors (Lipinski definition) is 2. The number of carbonyl (C=O) groups is 2. The summed E-state index contributed by atoms with van der Waals surface area (Å²) in [6.45, 7) is 2.41. The van der Waals surface area contributed by atoms with Gasteiger partial charge in [0.05, 0.1) is 25.5 Å². The first-order valence-corrected chi connectivity index (χ1v) is 14.1. The molecule has 212 valence electrons. The fourth-order valence-electron chi connectivity index (χ4n) is 4.38. The Morgan fingerprint density at radius 1 is 1.00 bits per heavy atom. The van der Waals surface area contributed by atoms with Gasteiger partial charge in [0.1, 0.15) is 22.9 Å². The Labute approximate surface area is 255 Å². The Hall–Kier alpha value is -4.60. The molecule has 4 aromatic carbocycles. The first kappa shape index (κ1) is 28.9. The molecule has 0 aliphatic heterocycles. The second-order valence-corrected chi connectivity index (χ2v) is 10.3. The lowest BCUT2D eigenvalue weighted by molar-refractivity contribution is 0.0733. The van der Waals surface area contributed by atoms with Crippen molar-refractivity contribution in [3.05, 3.63) is 111 Å². The lowest BCUT2D eigenvalue weighted by atomic mass is 10.0. The van der Waals surface area contributed by atoms with E-state index >= 15 is 0 Å². The lowest BCUT2D eigenvalue weighted by Gasteiger charge is -2.09. The van der Waals surface area contributed by atoms with Crippen LogP contribution in [0.15, 0.2) is 94.5 Å². The molecule has 1 amide bonds. The summed E-state index contributed by atoms with van der Waals surface area (Å²) in [4.78, 5) is 29.5. The Morgan fingerprint density at radius 2 is 1.83 bits per heavy atom. The highest BCUT2D eigenvalue weighted by Crippen LogP contribution is 2.38. The number of hydrazone groups is 1. The van der Waals surface area contributed by atoms with Crippen molar-refractivity contribution in [2.45, 2.75) is 6.92 Å². The Morgan fingerprint density at radius 3 is 2.62 bits per heavy atom. The van der Waals surface area contributed by atoms with E-state index in [9.17, 15) is 9.59 Å². The molecule has 0 spiro atoms. The number of nitrogens with zero attached hydrogens (tertiary/aromatic N) is 1. The molecule has 0 fully saturated rings. The van der Waals surface area contributed by atoms with Crippen molar-refractivity contribution in [2.24, 2.45) is 5.10 Å². The third kappa shape index (κ3) is 6.32. The molecule has 1 heterocycles. The van der Waals surface area contributed by atoms with Crippen LogP contribution in [0.3, 0.4) is 0 Å². The zero-order valence-corrected chi connectivity index (χ0v) is 25.0. The highest BCUT2D eigenvalue weighted by atomic mass is 79.9. The zero-order valence-electron chi connectivity index (χ0n) is 22.6. The number of rotatable bonds is 9. The number of halogens is 2. The van der Waals surface area contributed by atoms with Gasteiger partial charge in [0.15, 0.2) is 0 Å². The molecule has 0 saturated carbocycles. The van der Waals surface area contributed by atoms with Crippen LogP contribution in [0.5, 0.6) is 17.2 Å². The molecule has 1 aromatic heterocycles. The van der Waals surface area contributed by atoms with Crippen LogP contribution in [-0.4, -0.2) is 36.8 Å². The zero-order chi connectivity index (χ0) is 29.6. The van der Waals surface area contributed by atoms with Crippen LogP contribution >= 0.6 is 27.5 Å². The predicted molar refractivity (Wildman–Crippen MR) is 167 cm³/mol. The normalized spacial score (nSPS) is 11.0. The molecule has 0 bridgehead atoms. The van der Waals surface area contributed by atoms with Gasteiger partial charge in [-0.05, 0) is 67.6 Å². The number of fused-ring (bicyclic) bond motifs is 1. The van der Waals surface area contributed by atoms with Gasteiger partial charge in [-0.15, -0.1) is 0 Å². The summed E-state index contributed by atoms with van der Waals surface area (Å²) in [6.07, 6.45) is 1.40. The van der Waals surface area contributed by atoms with Gasteiger partial charge < -0.3 is 19.2 Å². The molecule has 42 heavy (non-hydrogen) atoms. The van der Waals surface area contributed by atoms with Crippen molar-refractivity contribution >= 4 is 56.5 Å². The van der Waals surface area contributed by atoms with Crippen LogP contribution in [0.1, 0.15) is 33.3 Å². The van der Waals surface area contributed by atoms with Crippen LogP contribution < -0.4 is 19.6 Å². The van der Waals surface area contributed by atoms with E-state index in [0.717, 1.165) is 15.4 Å². The van der Waals surface area contributed by atoms with E-state index in [1.807, 2.05) is 43.3 Å². The summed E-state index contributed by atoms with van der Waals surface area (Å²) in [5.74, 6) is 0.416. The monoisotopic (exact) mass is 645 g/mol. The summed E-state index contributed by atoms with van der Waals surface area (Å²) < 4.78 is 17.3. The van der Waals surface area contributed by atoms with E-state index in [1.165, 1.54) is 13.3 Å². The maximum Gasteiger partial charge on any atom is 0.343 e. The molecule has 0 aliphatic carbocycles. The maximum absolute atomic E-state index is 13.5. The second kappa shape index (κ2) is 12.9. The molecular weight excluding hydrogens is 622 g/mol. The van der Waals surface area contributed by atoms with Gasteiger partial charge in [0.2, 0.25) is 0 Å². The van der Waals surface area contributed by atoms with Crippen molar-refractivity contribution < 1.29 is 23.8 Å². The Bertz CT molecular complexity index is 1820. The molecule has 0 unspecified atom stereocenters. The number of H-pyrrole nitrogens is 1. The topological polar surface area (TPSA) is 102 Å². The molecular formula is C32H25BrClN3O5. The van der Waals surface area contributed by atoms with E-state index in [1.54, 1.807) is 48.5 Å². The van der Waals surface area contributed by atoms with Gasteiger partial charge in [-0.2, -0.15) is 5.10 Å². The highest BCUT2D eigenvalue weighted by Gasteiger charge is 2.21. The second-order valence-electron chi connectivity index (χ2n) is 9.00. The van der Waals surface area contributed by atoms with Gasteiger partial charge in [0.25, 0.3) is 5.91 Å². The lowest BCUT2D eigenvalue weighted by Crippen LogP contribution is -2.19. The van der Waals surface area contributed by atoms with Crippen LogP contribution in [0, 0.1) is 0 Å². The standard InChI is InChI=1S/C32H25BrClN3O5/c1-3-41-23-12-13-27-25(17-23)29(24-9-4-5-10-26(24)34)30(36-27)31(38)37-35-18-20-15-21(33)11-14-28(20)42-32(39)19-7-6-8-22(16-19)40-2/h4-18,36H,3H2,1-2H3,(H,37,38). The number of aromatic nitrogens is 1. The highest BCUT2D eigenvalue weighted by molar-refractivity contribution is 9.10. The van der Waals surface area contributed by atoms with Gasteiger partial charge in [-0.3, -0.25) is 4.79 Å². The molecule has 2 N–H and O–H groups in total. The summed E-state index contributed by atoms with van der Waals surface area (Å²) in [5.41, 5.74) is 5.70. The number of aromatic amines is 1. The van der Waals surface area contributed by atoms with Crippen molar-refractivity contribution in [3.8, 4) is 28.4 Å². The summed E-state index contributed by atoms with van der Waals surface area (Å²) in [7, 11) is 1.52. The van der Waals surface area contributed by atoms with Gasteiger partial charge in [-0.1, -0.05) is 51.8 Å². The van der Waals surface area contributed by atoms with E-state index in [4.69, 9.17) is 25.8 Å². The first-order chi connectivity index (χ1) is 20.4. The number of nitrogens with one attached hydrogen (secondary N) is 2. The summed E-state index contributed by atoms with van der Waals surface area (Å²) in [6, 6.07) is 24.6. The average molecular weight is 647 g/mol. The van der Waals surface area contributed by atoms with Crippen LogP contribution in [0.2, 0.25) is 5.02 Å². The molecule has 0 saturated heterocycles. The molecule has 5 aromatic rings. The van der Waals surface area contributed by atoms with Gasteiger partial charge in [0, 0.05) is 37.1 Å². The van der Waals surface area contributed by atoms with E-state index < -0.39 is 11.9 Å². The van der Waals surface area contributed by atoms with Crippen LogP contribution in [0.4, 0.5) is 0 Å². The predicted octanol–water partition coefficient (Wildman–Crippen LogP) is 7.64. The number of methoxy groups -OCH3 is 1. The molecule has 10 heteroatoms. The number of hydrogen-bond acceptors (Lipinski definition) is 6. The Balaban J connectivity index is 1.43. The minimum Gasteiger partial charge on any atom is -0.497 e. The van der Waals surface area contributed by atoms with E-state index in [2.05, 4.69) is 31.4 Å². The van der Waals surface area contributed by atoms with E-state index in [0.29, 0.717) is 45.4 Å². The SMILES string of the molecule is CCOc1ccc2[nH]c(C(=O)NN=Cc3cc(Br)ccc3OC(=O)c3cccc(OC)c3)c(-c3ccccc3Cl)c2c1. The molecule has 0 radical (unpaired) electrons. The Kier molecular flexibility index (Phi) is 8.90. The minimum absolute atomic E-state index is 0.259. The van der Waals surface area contributed by atoms with E-state index in [-0.39, 0.29) is 11.4 Å². The number of ether oxygens (including phenoxy) is 3. The minimum atomic E-state index is -0.566. The summed E-state index contributed by atoms with van der Waals surface area (Å²) in [5, 5.41) is 5.44. The van der Waals surface area contributed by atoms with Crippen molar-refractivity contribution in [3.63, 3.8) is 0 Å². The van der Waals surface area contributed by atoms with Crippen molar-refractivity contribution in [2.75, 3.05) is 13.7 Å². The largest absolute Gasteiger partial charge is 0.497 e.